The smallest absolute Gasteiger partial charge is 0.133 e. The molecule has 18 heavy (non-hydrogen) atoms. The summed E-state index contributed by atoms with van der Waals surface area (Å²) in [6.07, 6.45) is 0. The predicted molar refractivity (Wildman–Crippen MR) is 78.5 cm³/mol. The van der Waals surface area contributed by atoms with Crippen LogP contribution in [0.2, 0.25) is 0 Å². The van der Waals surface area contributed by atoms with E-state index in [1.54, 1.807) is 14.2 Å². The minimum absolute atomic E-state index is 0.0155. The Labute approximate surface area is 122 Å². The van der Waals surface area contributed by atoms with Crippen LogP contribution in [0.4, 0.5) is 0 Å². The highest BCUT2D eigenvalue weighted by atomic mass is 79.9. The normalized spacial score (nSPS) is 12.8. The molecular formula is C13H19BrClNO2. The van der Waals surface area contributed by atoms with Crippen LogP contribution >= 0.6 is 27.5 Å². The number of benzene rings is 1. The molecule has 0 saturated carbocycles. The Morgan fingerprint density at radius 2 is 2.11 bits per heavy atom. The zero-order valence-corrected chi connectivity index (χ0v) is 13.3. The summed E-state index contributed by atoms with van der Waals surface area (Å²) in [5, 5.41) is 0.0155. The van der Waals surface area contributed by atoms with Crippen molar-refractivity contribution < 1.29 is 9.47 Å². The van der Waals surface area contributed by atoms with Crippen molar-refractivity contribution in [3.8, 4) is 5.75 Å². The molecule has 0 aliphatic carbocycles. The zero-order valence-electron chi connectivity index (χ0n) is 11.0. The Balaban J connectivity index is 2.54. The van der Waals surface area contributed by atoms with E-state index in [-0.39, 0.29) is 5.38 Å². The molecule has 0 radical (unpaired) electrons. The van der Waals surface area contributed by atoms with Gasteiger partial charge in [0.1, 0.15) is 5.75 Å². The topological polar surface area (TPSA) is 21.7 Å². The number of hydrogen-bond acceptors (Lipinski definition) is 3. The lowest BCUT2D eigenvalue weighted by Crippen LogP contribution is -2.28. The van der Waals surface area contributed by atoms with Crippen molar-refractivity contribution in [3.05, 3.63) is 28.2 Å². The maximum Gasteiger partial charge on any atom is 0.133 e. The number of rotatable bonds is 7. The third-order valence-corrected chi connectivity index (χ3v) is 3.41. The third kappa shape index (κ3) is 5.14. The van der Waals surface area contributed by atoms with Crippen LogP contribution in [0.5, 0.6) is 5.75 Å². The lowest BCUT2D eigenvalue weighted by molar-refractivity contribution is 0.181. The summed E-state index contributed by atoms with van der Waals surface area (Å²) < 4.78 is 11.2. The molecule has 3 nitrogen and oxygen atoms in total. The van der Waals surface area contributed by atoms with Crippen LogP contribution < -0.4 is 4.74 Å². The Kier molecular flexibility index (Phi) is 7.00. The van der Waals surface area contributed by atoms with E-state index in [4.69, 9.17) is 21.1 Å². The molecule has 1 rings (SSSR count). The fourth-order valence-corrected chi connectivity index (χ4v) is 2.71. The molecule has 0 aliphatic rings. The molecule has 0 N–H and O–H groups in total. The van der Waals surface area contributed by atoms with Crippen molar-refractivity contribution >= 4 is 27.5 Å². The molecule has 1 unspecified atom stereocenters. The van der Waals surface area contributed by atoms with Crippen molar-refractivity contribution in [2.24, 2.45) is 0 Å². The van der Waals surface area contributed by atoms with Crippen LogP contribution in [0.25, 0.3) is 0 Å². The summed E-state index contributed by atoms with van der Waals surface area (Å²) in [4.78, 5) is 2.17. The highest BCUT2D eigenvalue weighted by molar-refractivity contribution is 9.10. The fourth-order valence-electron chi connectivity index (χ4n) is 1.76. The van der Waals surface area contributed by atoms with Gasteiger partial charge in [-0.1, -0.05) is 6.07 Å². The number of halogens is 2. The van der Waals surface area contributed by atoms with Gasteiger partial charge in [-0.2, -0.15) is 0 Å². The van der Waals surface area contributed by atoms with E-state index in [0.29, 0.717) is 6.61 Å². The molecule has 1 aromatic carbocycles. The summed E-state index contributed by atoms with van der Waals surface area (Å²) in [5.41, 5.74) is 1.21. The van der Waals surface area contributed by atoms with Crippen LogP contribution in [0.3, 0.4) is 0 Å². The van der Waals surface area contributed by atoms with E-state index in [1.807, 2.05) is 13.1 Å². The van der Waals surface area contributed by atoms with E-state index in [2.05, 4.69) is 33.0 Å². The highest BCUT2D eigenvalue weighted by Crippen LogP contribution is 2.25. The van der Waals surface area contributed by atoms with Crippen LogP contribution in [0.1, 0.15) is 5.56 Å². The standard InChI is InChI=1S/C13H19BrClNO2/c1-16(8-11(15)9-17-2)7-10-4-5-13(18-3)12(14)6-10/h4-6,11H,7-9H2,1-3H3. The molecule has 0 fully saturated rings. The maximum atomic E-state index is 6.13. The van der Waals surface area contributed by atoms with Gasteiger partial charge in [0.2, 0.25) is 0 Å². The fraction of sp³-hybridized carbons (Fsp3) is 0.538. The number of methoxy groups -OCH3 is 2. The number of alkyl halides is 1. The van der Waals surface area contributed by atoms with Gasteiger partial charge < -0.3 is 14.4 Å². The summed E-state index contributed by atoms with van der Waals surface area (Å²) in [6, 6.07) is 6.08. The minimum Gasteiger partial charge on any atom is -0.496 e. The average molecular weight is 337 g/mol. The van der Waals surface area contributed by atoms with Crippen LogP contribution in [-0.4, -0.2) is 44.7 Å². The molecule has 0 aliphatic heterocycles. The summed E-state index contributed by atoms with van der Waals surface area (Å²) in [7, 11) is 5.37. The molecule has 0 aromatic heterocycles. The number of hydrogen-bond donors (Lipinski definition) is 0. The molecule has 102 valence electrons. The van der Waals surface area contributed by atoms with Gasteiger partial charge in [0.05, 0.1) is 23.6 Å². The average Bonchev–Trinajstić information content (AvgIpc) is 2.29. The van der Waals surface area contributed by atoms with Gasteiger partial charge in [0.15, 0.2) is 0 Å². The second kappa shape index (κ2) is 8.00. The number of ether oxygens (including phenoxy) is 2. The first kappa shape index (κ1) is 15.8. The van der Waals surface area contributed by atoms with Crippen molar-refractivity contribution in [2.45, 2.75) is 11.9 Å². The molecule has 1 atom stereocenters. The molecule has 1 aromatic rings. The summed E-state index contributed by atoms with van der Waals surface area (Å²) in [5.74, 6) is 0.844. The second-order valence-corrected chi connectivity index (χ2v) is 5.69. The Hall–Kier alpha value is -0.290. The first-order valence-corrected chi connectivity index (χ1v) is 6.93. The number of nitrogens with zero attached hydrogens (tertiary/aromatic N) is 1. The van der Waals surface area contributed by atoms with Crippen molar-refractivity contribution in [1.82, 2.24) is 4.90 Å². The van der Waals surface area contributed by atoms with Crippen LogP contribution in [0.15, 0.2) is 22.7 Å². The van der Waals surface area contributed by atoms with Gasteiger partial charge in [0.25, 0.3) is 0 Å². The minimum atomic E-state index is 0.0155. The first-order chi connectivity index (χ1) is 8.56. The van der Waals surface area contributed by atoms with Crippen molar-refractivity contribution in [1.29, 1.82) is 0 Å². The quantitative estimate of drug-likeness (QED) is 0.714. The Bertz CT molecular complexity index is 376. The van der Waals surface area contributed by atoms with Gasteiger partial charge in [-0.05, 0) is 40.7 Å². The molecule has 0 heterocycles. The highest BCUT2D eigenvalue weighted by Gasteiger charge is 2.09. The molecule has 0 amide bonds. The van der Waals surface area contributed by atoms with Crippen molar-refractivity contribution in [3.63, 3.8) is 0 Å². The van der Waals surface area contributed by atoms with Gasteiger partial charge in [-0.25, -0.2) is 0 Å². The Morgan fingerprint density at radius 1 is 1.39 bits per heavy atom. The third-order valence-electron chi connectivity index (χ3n) is 2.53. The molecular weight excluding hydrogens is 318 g/mol. The van der Waals surface area contributed by atoms with E-state index in [0.717, 1.165) is 23.3 Å². The van der Waals surface area contributed by atoms with E-state index < -0.39 is 0 Å². The van der Waals surface area contributed by atoms with Gasteiger partial charge >= 0.3 is 0 Å². The molecule has 0 saturated heterocycles. The predicted octanol–water partition coefficient (Wildman–Crippen LogP) is 3.14. The van der Waals surface area contributed by atoms with Gasteiger partial charge in [-0.3, -0.25) is 0 Å². The maximum absolute atomic E-state index is 6.13. The van der Waals surface area contributed by atoms with E-state index >= 15 is 0 Å². The van der Waals surface area contributed by atoms with Crippen LogP contribution in [0, 0.1) is 0 Å². The van der Waals surface area contributed by atoms with E-state index in [9.17, 15) is 0 Å². The van der Waals surface area contributed by atoms with Crippen LogP contribution in [-0.2, 0) is 11.3 Å². The SMILES string of the molecule is COCC(Cl)CN(C)Cc1ccc(OC)c(Br)c1. The monoisotopic (exact) mass is 335 g/mol. The molecule has 0 bridgehead atoms. The van der Waals surface area contributed by atoms with Crippen molar-refractivity contribution in [2.75, 3.05) is 34.4 Å². The molecule has 0 spiro atoms. The Morgan fingerprint density at radius 3 is 2.67 bits per heavy atom. The zero-order chi connectivity index (χ0) is 13.5. The largest absolute Gasteiger partial charge is 0.496 e. The lowest BCUT2D eigenvalue weighted by Gasteiger charge is -2.20. The summed E-state index contributed by atoms with van der Waals surface area (Å²) in [6.45, 7) is 2.20. The van der Waals surface area contributed by atoms with Gasteiger partial charge in [-0.15, -0.1) is 11.6 Å². The lowest BCUT2D eigenvalue weighted by atomic mass is 10.2. The van der Waals surface area contributed by atoms with E-state index in [1.165, 1.54) is 5.56 Å². The first-order valence-electron chi connectivity index (χ1n) is 5.70. The van der Waals surface area contributed by atoms with Gasteiger partial charge in [0, 0.05) is 20.2 Å². The molecule has 5 heteroatoms. The second-order valence-electron chi connectivity index (χ2n) is 4.22. The summed E-state index contributed by atoms with van der Waals surface area (Å²) >= 11 is 9.61.